The molecule has 0 aliphatic carbocycles. The van der Waals surface area contributed by atoms with Gasteiger partial charge in [0.1, 0.15) is 5.75 Å². The minimum absolute atomic E-state index is 0.0499. The van der Waals surface area contributed by atoms with Gasteiger partial charge in [-0.1, -0.05) is 22.9 Å². The number of hydrogen-bond donors (Lipinski definition) is 1. The number of carbonyl (C=O) groups excluding carboxylic acids is 1. The van der Waals surface area contributed by atoms with Gasteiger partial charge in [-0.2, -0.15) is 0 Å². The summed E-state index contributed by atoms with van der Waals surface area (Å²) in [5, 5.41) is 3.25. The van der Waals surface area contributed by atoms with Crippen LogP contribution in [0.1, 0.15) is 23.7 Å². The number of nitrogens with one attached hydrogen (secondary N) is 1. The number of carbonyl (C=O) groups is 1. The summed E-state index contributed by atoms with van der Waals surface area (Å²) in [4.78, 5) is 14.4. The van der Waals surface area contributed by atoms with E-state index in [0.29, 0.717) is 17.9 Å². The van der Waals surface area contributed by atoms with Gasteiger partial charge in [0.25, 0.3) is 5.91 Å². The minimum Gasteiger partial charge on any atom is -0.493 e. The number of benzene rings is 1. The first-order valence-corrected chi connectivity index (χ1v) is 7.44. The van der Waals surface area contributed by atoms with Crippen LogP contribution in [0.5, 0.6) is 5.75 Å². The summed E-state index contributed by atoms with van der Waals surface area (Å²) in [5.41, 5.74) is 0.643. The maximum Gasteiger partial charge on any atom is 0.257 e. The van der Waals surface area contributed by atoms with Crippen LogP contribution in [0.2, 0.25) is 0 Å². The van der Waals surface area contributed by atoms with Crippen molar-refractivity contribution >= 4 is 21.8 Å². The van der Waals surface area contributed by atoms with Gasteiger partial charge in [-0.25, -0.2) is 0 Å². The quantitative estimate of drug-likeness (QED) is 0.923. The van der Waals surface area contributed by atoms with E-state index in [4.69, 9.17) is 4.74 Å². The second-order valence-corrected chi connectivity index (χ2v) is 5.45. The van der Waals surface area contributed by atoms with Gasteiger partial charge < -0.3 is 15.0 Å². The normalized spacial score (nSPS) is 15.4. The Morgan fingerprint density at radius 1 is 1.42 bits per heavy atom. The van der Waals surface area contributed by atoms with E-state index in [0.717, 1.165) is 37.1 Å². The lowest BCUT2D eigenvalue weighted by atomic mass is 10.1. The largest absolute Gasteiger partial charge is 0.493 e. The molecule has 1 amide bonds. The van der Waals surface area contributed by atoms with E-state index in [1.165, 1.54) is 0 Å². The van der Waals surface area contributed by atoms with Crippen molar-refractivity contribution in [1.82, 2.24) is 10.2 Å². The summed E-state index contributed by atoms with van der Waals surface area (Å²) < 4.78 is 6.57. The molecule has 0 saturated carbocycles. The van der Waals surface area contributed by atoms with Gasteiger partial charge in [0.2, 0.25) is 0 Å². The lowest BCUT2D eigenvalue weighted by molar-refractivity contribution is 0.0731. The van der Waals surface area contributed by atoms with E-state index < -0.39 is 0 Å². The number of piperazine rings is 1. The molecule has 0 radical (unpaired) electrons. The molecule has 0 bridgehead atoms. The first-order chi connectivity index (χ1) is 9.22. The highest BCUT2D eigenvalue weighted by atomic mass is 79.9. The zero-order valence-corrected chi connectivity index (χ0v) is 12.7. The molecular weight excluding hydrogens is 308 g/mol. The van der Waals surface area contributed by atoms with Crippen LogP contribution >= 0.6 is 15.9 Å². The summed E-state index contributed by atoms with van der Waals surface area (Å²) >= 11 is 3.42. The topological polar surface area (TPSA) is 41.6 Å². The average molecular weight is 327 g/mol. The van der Waals surface area contributed by atoms with Crippen LogP contribution in [-0.2, 0) is 0 Å². The Bertz CT molecular complexity index is 445. The van der Waals surface area contributed by atoms with Crippen molar-refractivity contribution in [2.75, 3.05) is 32.8 Å². The first-order valence-electron chi connectivity index (χ1n) is 6.64. The average Bonchev–Trinajstić information content (AvgIpc) is 2.46. The molecule has 1 aromatic rings. The van der Waals surface area contributed by atoms with Crippen molar-refractivity contribution < 1.29 is 9.53 Å². The zero-order chi connectivity index (χ0) is 13.7. The Balaban J connectivity index is 2.20. The van der Waals surface area contributed by atoms with Crippen LogP contribution in [0.15, 0.2) is 22.7 Å². The summed E-state index contributed by atoms with van der Waals surface area (Å²) in [6.07, 6.45) is 0.928. The summed E-state index contributed by atoms with van der Waals surface area (Å²) in [5.74, 6) is 0.725. The Hall–Kier alpha value is -1.07. The zero-order valence-electron chi connectivity index (χ0n) is 11.1. The Labute approximate surface area is 122 Å². The van der Waals surface area contributed by atoms with Gasteiger partial charge in [-0.3, -0.25) is 4.79 Å². The summed E-state index contributed by atoms with van der Waals surface area (Å²) in [6.45, 7) is 5.88. The molecule has 1 heterocycles. The monoisotopic (exact) mass is 326 g/mol. The number of rotatable bonds is 4. The molecule has 4 nitrogen and oxygen atoms in total. The van der Waals surface area contributed by atoms with Crippen molar-refractivity contribution in [2.45, 2.75) is 13.3 Å². The van der Waals surface area contributed by atoms with Crippen molar-refractivity contribution in [2.24, 2.45) is 0 Å². The van der Waals surface area contributed by atoms with Gasteiger partial charge in [0, 0.05) is 30.7 Å². The minimum atomic E-state index is 0.0499. The second kappa shape index (κ2) is 6.91. The van der Waals surface area contributed by atoms with Crippen molar-refractivity contribution in [1.29, 1.82) is 0 Å². The molecule has 0 aromatic heterocycles. The van der Waals surface area contributed by atoms with Gasteiger partial charge >= 0.3 is 0 Å². The molecule has 2 rings (SSSR count). The van der Waals surface area contributed by atoms with E-state index in [9.17, 15) is 4.79 Å². The Morgan fingerprint density at radius 2 is 2.16 bits per heavy atom. The van der Waals surface area contributed by atoms with Crippen LogP contribution in [0, 0.1) is 0 Å². The van der Waals surface area contributed by atoms with Gasteiger partial charge in [-0.15, -0.1) is 0 Å². The molecule has 1 fully saturated rings. The molecule has 0 atom stereocenters. The smallest absolute Gasteiger partial charge is 0.257 e. The van der Waals surface area contributed by atoms with E-state index in [1.807, 2.05) is 23.1 Å². The predicted octanol–water partition coefficient (Wildman–Crippen LogP) is 2.28. The lowest BCUT2D eigenvalue weighted by Gasteiger charge is -2.28. The van der Waals surface area contributed by atoms with Crippen molar-refractivity contribution in [3.8, 4) is 5.75 Å². The van der Waals surface area contributed by atoms with Gasteiger partial charge in [-0.05, 0) is 24.6 Å². The molecule has 0 unspecified atom stereocenters. The molecular formula is C14H19BrN2O2. The molecule has 5 heteroatoms. The van der Waals surface area contributed by atoms with Crippen LogP contribution in [0.4, 0.5) is 0 Å². The number of hydrogen-bond acceptors (Lipinski definition) is 3. The number of ether oxygens (including phenoxy) is 1. The molecule has 104 valence electrons. The molecule has 1 aliphatic heterocycles. The van der Waals surface area contributed by atoms with Crippen LogP contribution < -0.4 is 10.1 Å². The maximum absolute atomic E-state index is 12.5. The SMILES string of the molecule is CCCOc1ccc(Br)cc1C(=O)N1CCNCC1. The fourth-order valence-electron chi connectivity index (χ4n) is 2.05. The van der Waals surface area contributed by atoms with E-state index >= 15 is 0 Å². The van der Waals surface area contributed by atoms with Crippen LogP contribution in [-0.4, -0.2) is 43.6 Å². The molecule has 1 N–H and O–H groups in total. The highest BCUT2D eigenvalue weighted by Gasteiger charge is 2.21. The third kappa shape index (κ3) is 3.70. The van der Waals surface area contributed by atoms with Gasteiger partial charge in [0.15, 0.2) is 0 Å². The van der Waals surface area contributed by atoms with Crippen molar-refractivity contribution in [3.05, 3.63) is 28.2 Å². The molecule has 1 aromatic carbocycles. The highest BCUT2D eigenvalue weighted by molar-refractivity contribution is 9.10. The number of amides is 1. The predicted molar refractivity (Wildman–Crippen MR) is 78.7 cm³/mol. The van der Waals surface area contributed by atoms with E-state index in [2.05, 4.69) is 28.2 Å². The highest BCUT2D eigenvalue weighted by Crippen LogP contribution is 2.25. The molecule has 19 heavy (non-hydrogen) atoms. The third-order valence-electron chi connectivity index (χ3n) is 3.04. The fraction of sp³-hybridized carbons (Fsp3) is 0.500. The lowest BCUT2D eigenvalue weighted by Crippen LogP contribution is -2.46. The standard InChI is InChI=1S/C14H19BrN2O2/c1-2-9-19-13-4-3-11(15)10-12(13)14(18)17-7-5-16-6-8-17/h3-4,10,16H,2,5-9H2,1H3. The second-order valence-electron chi connectivity index (χ2n) is 4.53. The molecule has 1 aliphatic rings. The van der Waals surface area contributed by atoms with Crippen LogP contribution in [0.25, 0.3) is 0 Å². The Kier molecular flexibility index (Phi) is 5.22. The van der Waals surface area contributed by atoms with E-state index in [-0.39, 0.29) is 5.91 Å². The van der Waals surface area contributed by atoms with Crippen LogP contribution in [0.3, 0.4) is 0 Å². The fourth-order valence-corrected chi connectivity index (χ4v) is 2.41. The van der Waals surface area contributed by atoms with Gasteiger partial charge in [0.05, 0.1) is 12.2 Å². The maximum atomic E-state index is 12.5. The van der Waals surface area contributed by atoms with Crippen molar-refractivity contribution in [3.63, 3.8) is 0 Å². The third-order valence-corrected chi connectivity index (χ3v) is 3.53. The Morgan fingerprint density at radius 3 is 2.84 bits per heavy atom. The summed E-state index contributed by atoms with van der Waals surface area (Å²) in [7, 11) is 0. The first kappa shape index (κ1) is 14.3. The number of nitrogens with zero attached hydrogens (tertiary/aromatic N) is 1. The summed E-state index contributed by atoms with van der Waals surface area (Å²) in [6, 6.07) is 5.60. The van der Waals surface area contributed by atoms with E-state index in [1.54, 1.807) is 0 Å². The molecule has 1 saturated heterocycles. The number of halogens is 1. The molecule has 0 spiro atoms.